The Labute approximate surface area is 120 Å². The number of aryl methyl sites for hydroxylation is 2. The molecule has 1 aliphatic heterocycles. The highest BCUT2D eigenvalue weighted by Gasteiger charge is 2.33. The summed E-state index contributed by atoms with van der Waals surface area (Å²) in [5, 5.41) is 4.92. The fourth-order valence-electron chi connectivity index (χ4n) is 3.00. The van der Waals surface area contributed by atoms with Gasteiger partial charge in [0, 0.05) is 29.9 Å². The minimum absolute atomic E-state index is 0.422. The van der Waals surface area contributed by atoms with Gasteiger partial charge >= 0.3 is 0 Å². The van der Waals surface area contributed by atoms with Gasteiger partial charge in [0.2, 0.25) is 0 Å². The second-order valence-corrected chi connectivity index (χ2v) is 6.68. The first-order valence-electron chi connectivity index (χ1n) is 7.43. The molecule has 0 saturated carbocycles. The van der Waals surface area contributed by atoms with Crippen molar-refractivity contribution < 1.29 is 4.74 Å². The number of ether oxygens (including phenoxy) is 1. The quantitative estimate of drug-likeness (QED) is 0.870. The van der Waals surface area contributed by atoms with Gasteiger partial charge < -0.3 is 10.1 Å². The zero-order valence-corrected chi connectivity index (χ0v) is 13.3. The minimum Gasteiger partial charge on any atom is -0.378 e. The van der Waals surface area contributed by atoms with Crippen LogP contribution in [0.2, 0.25) is 0 Å². The molecule has 0 aromatic carbocycles. The molecule has 1 aromatic heterocycles. The number of aromatic nitrogens is 1. The summed E-state index contributed by atoms with van der Waals surface area (Å²) in [6, 6.07) is 0.502. The van der Waals surface area contributed by atoms with Crippen molar-refractivity contribution in [1.82, 2.24) is 10.3 Å². The van der Waals surface area contributed by atoms with Crippen molar-refractivity contribution in [3.63, 3.8) is 0 Å². The fraction of sp³-hybridized carbons (Fsp3) is 0.800. The molecule has 2 rings (SSSR count). The largest absolute Gasteiger partial charge is 0.378 e. The van der Waals surface area contributed by atoms with Crippen LogP contribution in [-0.4, -0.2) is 30.3 Å². The van der Waals surface area contributed by atoms with Gasteiger partial charge in [-0.3, -0.25) is 0 Å². The van der Waals surface area contributed by atoms with Gasteiger partial charge in [0.15, 0.2) is 0 Å². The Balaban J connectivity index is 2.07. The van der Waals surface area contributed by atoms with Crippen LogP contribution in [0.5, 0.6) is 0 Å². The molecule has 3 atom stereocenters. The van der Waals surface area contributed by atoms with E-state index in [-0.39, 0.29) is 0 Å². The molecule has 0 spiro atoms. The molecule has 108 valence electrons. The molecule has 0 aliphatic carbocycles. The molecule has 0 bridgehead atoms. The summed E-state index contributed by atoms with van der Waals surface area (Å²) in [5.74, 6) is 0.634. The lowest BCUT2D eigenvalue weighted by molar-refractivity contribution is 0.0776. The summed E-state index contributed by atoms with van der Waals surface area (Å²) in [6.07, 6.45) is 3.76. The SMILES string of the molecule is CCNC(Cc1nc(C)c(C)s1)C1CCOC1CC. The smallest absolute Gasteiger partial charge is 0.0946 e. The van der Waals surface area contributed by atoms with Crippen LogP contribution in [0.4, 0.5) is 0 Å². The first kappa shape index (κ1) is 14.9. The van der Waals surface area contributed by atoms with Crippen molar-refractivity contribution in [3.05, 3.63) is 15.6 Å². The van der Waals surface area contributed by atoms with Crippen LogP contribution in [0.15, 0.2) is 0 Å². The summed E-state index contributed by atoms with van der Waals surface area (Å²) in [4.78, 5) is 6.04. The average molecular weight is 282 g/mol. The van der Waals surface area contributed by atoms with Crippen LogP contribution in [0.25, 0.3) is 0 Å². The molecule has 0 radical (unpaired) electrons. The maximum atomic E-state index is 5.85. The number of nitrogens with one attached hydrogen (secondary N) is 1. The first-order valence-corrected chi connectivity index (χ1v) is 8.25. The van der Waals surface area contributed by atoms with Gasteiger partial charge in [-0.2, -0.15) is 0 Å². The van der Waals surface area contributed by atoms with Crippen LogP contribution in [0.3, 0.4) is 0 Å². The number of nitrogens with zero attached hydrogens (tertiary/aromatic N) is 1. The van der Waals surface area contributed by atoms with Crippen molar-refractivity contribution >= 4 is 11.3 Å². The summed E-state index contributed by atoms with van der Waals surface area (Å²) in [7, 11) is 0. The second kappa shape index (κ2) is 6.82. The van der Waals surface area contributed by atoms with Gasteiger partial charge in [-0.25, -0.2) is 4.98 Å². The van der Waals surface area contributed by atoms with E-state index in [1.54, 1.807) is 0 Å². The summed E-state index contributed by atoms with van der Waals surface area (Å²) >= 11 is 1.84. The lowest BCUT2D eigenvalue weighted by atomic mass is 9.89. The Kier molecular flexibility index (Phi) is 5.37. The summed E-state index contributed by atoms with van der Waals surface area (Å²) in [6.45, 7) is 10.6. The molecule has 19 heavy (non-hydrogen) atoms. The molecule has 1 aliphatic rings. The lowest BCUT2D eigenvalue weighted by Gasteiger charge is -2.27. The van der Waals surface area contributed by atoms with Crippen molar-refractivity contribution in [2.45, 2.75) is 59.1 Å². The minimum atomic E-state index is 0.422. The Bertz CT molecular complexity index is 385. The van der Waals surface area contributed by atoms with E-state index in [4.69, 9.17) is 9.72 Å². The molecular weight excluding hydrogens is 256 g/mol. The lowest BCUT2D eigenvalue weighted by Crippen LogP contribution is -2.41. The normalized spacial score (nSPS) is 24.8. The van der Waals surface area contributed by atoms with Crippen LogP contribution in [0.1, 0.15) is 42.3 Å². The molecule has 3 unspecified atom stereocenters. The number of hydrogen-bond donors (Lipinski definition) is 1. The molecule has 2 heterocycles. The van der Waals surface area contributed by atoms with Gasteiger partial charge in [-0.15, -0.1) is 11.3 Å². The monoisotopic (exact) mass is 282 g/mol. The van der Waals surface area contributed by atoms with Crippen molar-refractivity contribution in [1.29, 1.82) is 0 Å². The van der Waals surface area contributed by atoms with Crippen molar-refractivity contribution in [3.8, 4) is 0 Å². The Morgan fingerprint density at radius 3 is 2.79 bits per heavy atom. The van der Waals surface area contributed by atoms with E-state index in [1.807, 2.05) is 11.3 Å². The van der Waals surface area contributed by atoms with E-state index >= 15 is 0 Å². The second-order valence-electron chi connectivity index (χ2n) is 5.39. The Hall–Kier alpha value is -0.450. The van der Waals surface area contributed by atoms with Crippen molar-refractivity contribution in [2.24, 2.45) is 5.92 Å². The number of hydrogen-bond acceptors (Lipinski definition) is 4. The van der Waals surface area contributed by atoms with E-state index in [0.29, 0.717) is 18.1 Å². The molecule has 4 heteroatoms. The van der Waals surface area contributed by atoms with Crippen LogP contribution >= 0.6 is 11.3 Å². The van der Waals surface area contributed by atoms with Gasteiger partial charge in [-0.05, 0) is 33.2 Å². The van der Waals surface area contributed by atoms with E-state index < -0.39 is 0 Å². The first-order chi connectivity index (χ1) is 9.15. The predicted octanol–water partition coefficient (Wildman–Crippen LogP) is 3.10. The zero-order valence-electron chi connectivity index (χ0n) is 12.5. The third-order valence-electron chi connectivity index (χ3n) is 4.11. The fourth-order valence-corrected chi connectivity index (χ4v) is 3.99. The topological polar surface area (TPSA) is 34.2 Å². The molecule has 0 amide bonds. The van der Waals surface area contributed by atoms with Gasteiger partial charge in [0.05, 0.1) is 16.8 Å². The van der Waals surface area contributed by atoms with Gasteiger partial charge in [0.25, 0.3) is 0 Å². The van der Waals surface area contributed by atoms with Gasteiger partial charge in [0.1, 0.15) is 0 Å². The molecular formula is C15H26N2OS. The zero-order chi connectivity index (χ0) is 13.8. The third-order valence-corrected chi connectivity index (χ3v) is 5.21. The number of rotatable bonds is 6. The molecule has 1 aromatic rings. The number of likely N-dealkylation sites (N-methyl/N-ethyl adjacent to an activating group) is 1. The highest BCUT2D eigenvalue weighted by atomic mass is 32.1. The van der Waals surface area contributed by atoms with Crippen molar-refractivity contribution in [2.75, 3.05) is 13.2 Å². The third kappa shape index (κ3) is 3.56. The van der Waals surface area contributed by atoms with Gasteiger partial charge in [-0.1, -0.05) is 13.8 Å². The summed E-state index contributed by atoms with van der Waals surface area (Å²) in [5.41, 5.74) is 1.19. The van der Waals surface area contributed by atoms with Crippen LogP contribution < -0.4 is 5.32 Å². The maximum Gasteiger partial charge on any atom is 0.0946 e. The standard InChI is InChI=1S/C15H26N2OS/c1-5-14-12(7-8-18-14)13(16-6-2)9-15-17-10(3)11(4)19-15/h12-14,16H,5-9H2,1-4H3. The highest BCUT2D eigenvalue weighted by molar-refractivity contribution is 7.11. The number of thiazole rings is 1. The summed E-state index contributed by atoms with van der Waals surface area (Å²) < 4.78 is 5.85. The van der Waals surface area contributed by atoms with Crippen LogP contribution in [-0.2, 0) is 11.2 Å². The van der Waals surface area contributed by atoms with E-state index in [0.717, 1.165) is 26.0 Å². The van der Waals surface area contributed by atoms with E-state index in [2.05, 4.69) is 33.0 Å². The predicted molar refractivity (Wildman–Crippen MR) is 80.9 cm³/mol. The van der Waals surface area contributed by atoms with E-state index in [1.165, 1.54) is 22.0 Å². The molecule has 1 fully saturated rings. The van der Waals surface area contributed by atoms with Crippen LogP contribution in [0, 0.1) is 19.8 Å². The molecule has 3 nitrogen and oxygen atoms in total. The highest BCUT2D eigenvalue weighted by Crippen LogP contribution is 2.29. The average Bonchev–Trinajstić information content (AvgIpc) is 2.96. The Morgan fingerprint density at radius 1 is 1.42 bits per heavy atom. The Morgan fingerprint density at radius 2 is 2.21 bits per heavy atom. The van der Waals surface area contributed by atoms with E-state index in [9.17, 15) is 0 Å². The molecule has 1 N–H and O–H groups in total. The maximum absolute atomic E-state index is 5.85. The molecule has 1 saturated heterocycles.